The van der Waals surface area contributed by atoms with Gasteiger partial charge in [-0.2, -0.15) is 0 Å². The van der Waals surface area contributed by atoms with E-state index in [4.69, 9.17) is 53.1 Å². The van der Waals surface area contributed by atoms with Crippen molar-refractivity contribution in [2.45, 2.75) is 41.5 Å². The van der Waals surface area contributed by atoms with Crippen LogP contribution < -0.4 is 55.4 Å². The van der Waals surface area contributed by atoms with E-state index in [1.54, 1.807) is 117 Å². The minimum atomic E-state index is -0.148. The molecule has 20 aromatic rings. The molecule has 20 nitrogen and oxygen atoms in total. The van der Waals surface area contributed by atoms with Crippen molar-refractivity contribution < 1.29 is 38.3 Å². The summed E-state index contributed by atoms with van der Waals surface area (Å²) in [6.45, 7) is 11.9. The highest BCUT2D eigenvalue weighted by Gasteiger charge is 2.22. The largest absolute Gasteiger partial charge is 0.507 e. The summed E-state index contributed by atoms with van der Waals surface area (Å²) < 4.78 is 44.8. The molecule has 0 spiro atoms. The number of aromatic nitrogens is 8. The fourth-order valence-electron chi connectivity index (χ4n) is 16.8. The Hall–Kier alpha value is -18.4. The van der Waals surface area contributed by atoms with Gasteiger partial charge in [0.1, 0.15) is 40.5 Å². The van der Waals surface area contributed by atoms with Gasteiger partial charge in [0.15, 0.2) is 23.0 Å². The van der Waals surface area contributed by atoms with Crippen molar-refractivity contribution in [2.24, 2.45) is 0 Å². The number of aryl methyl sites for hydroxylation is 6. The first-order valence-electron chi connectivity index (χ1n) is 46.8. The molecule has 0 atom stereocenters. The monoisotopic (exact) mass is 2010 g/mol. The van der Waals surface area contributed by atoms with Crippen molar-refractivity contribution in [3.8, 4) is 116 Å². The van der Waals surface area contributed by atoms with E-state index in [1.807, 2.05) is 373 Å². The van der Waals surface area contributed by atoms with Crippen LogP contribution in [0.3, 0.4) is 0 Å². The molecule has 0 radical (unpaired) electrons. The highest BCUT2D eigenvalue weighted by atomic mass is 32.1. The number of phenolic OH excluding ortho intramolecular Hbond substituents is 1. The van der Waals surface area contributed by atoms with Gasteiger partial charge in [-0.05, 0) is 338 Å². The van der Waals surface area contributed by atoms with E-state index in [0.717, 1.165) is 126 Å². The van der Waals surface area contributed by atoms with E-state index in [9.17, 15) is 24.3 Å². The number of hydrogen-bond donors (Lipinski definition) is 1. The summed E-state index contributed by atoms with van der Waals surface area (Å²) in [4.78, 5) is 78.2. The lowest BCUT2D eigenvalue weighted by atomic mass is 10.1. The zero-order valence-electron chi connectivity index (χ0n) is 82.3. The number of para-hydroxylation sites is 4. The average Bonchev–Trinajstić information content (AvgIpc) is 0.938. The van der Waals surface area contributed by atoms with Crippen LogP contribution in [0.5, 0.6) is 46.0 Å². The van der Waals surface area contributed by atoms with Crippen molar-refractivity contribution in [1.29, 1.82) is 0 Å². The molecule has 24 heteroatoms. The van der Waals surface area contributed by atoms with Crippen LogP contribution in [0.1, 0.15) is 121 Å². The van der Waals surface area contributed by atoms with Crippen LogP contribution in [0.25, 0.3) is 115 Å². The zero-order chi connectivity index (χ0) is 103. The van der Waals surface area contributed by atoms with E-state index in [0.29, 0.717) is 107 Å². The van der Waals surface area contributed by atoms with Gasteiger partial charge in [-0.25, -0.2) is 19.9 Å². The van der Waals surface area contributed by atoms with Gasteiger partial charge in [-0.1, -0.05) is 144 Å². The summed E-state index contributed by atoms with van der Waals surface area (Å²) in [7, 11) is 7.94. The summed E-state index contributed by atoms with van der Waals surface area (Å²) in [6.07, 6.45) is 15.0. The van der Waals surface area contributed by atoms with Gasteiger partial charge in [0.25, 0.3) is 22.2 Å². The number of benzene rings is 12. The number of thiophene rings is 4. The topological polar surface area (TPSA) is 224 Å². The number of ether oxygens (including phenoxy) is 7. The molecule has 12 aromatic carbocycles. The summed E-state index contributed by atoms with van der Waals surface area (Å²) in [5, 5.41) is 20.4. The molecule has 0 amide bonds. The smallest absolute Gasteiger partial charge is 0.266 e. The minimum Gasteiger partial charge on any atom is -0.507 e. The standard InChI is InChI=1S/C32H26N2O4S.C31H24N2O3S.C31H24N2O2S.C30H20N2O3S/c1-21-18-22(11-14-24-8-7-17-39-24)12-15-27(21)34-30(33-26-10-6-5-9-25(26)32(34)35)16-13-23-19-28(36-2)31(38-4)29(20-23)37-3;1-21-19-22(10-15-25-7-6-18-37-25)11-16-28(21)33-30(32-27-9-5-4-8-26(27)31(33)34)17-13-23-12-14-24(35-2)20-29(23)36-3;1-20-17-23(10-13-25-7-6-16-36-25)11-14-28(20)33-29(32-27-9-5-4-8-26(27)31(33)35)15-12-24-18-21(2)30(34)22(3)19-24;1-20-17-21(8-12-23-5-4-16-36-23)9-13-26(20)32-29(31-25-7-3-2-6-24(25)30(32)33)15-11-22-10-14-27-28(18-22)35-19-34-27/h5-10,12-13,15-20H,1-4H3;4-9,11-14,16-20H,1-3H3;4-9,11-12,14-19,34H,1-3H3;2-7,9-11,13-18H,19H2,1H3/b16-13+;17-13+;15-12+;15-11+. The Morgan fingerprint density at radius 3 is 0.953 bits per heavy atom. The number of fused-ring (bicyclic) bond motifs is 5. The third-order valence-electron chi connectivity index (χ3n) is 24.1. The van der Waals surface area contributed by atoms with E-state index in [1.165, 1.54) is 0 Å². The van der Waals surface area contributed by atoms with Crippen LogP contribution in [0.2, 0.25) is 0 Å². The molecule has 726 valence electrons. The van der Waals surface area contributed by atoms with E-state index in [-0.39, 0.29) is 29.0 Å². The summed E-state index contributed by atoms with van der Waals surface area (Å²) >= 11 is 6.43. The van der Waals surface area contributed by atoms with Crippen molar-refractivity contribution in [1.82, 2.24) is 38.2 Å². The Morgan fingerprint density at radius 1 is 0.297 bits per heavy atom. The molecule has 1 aliphatic rings. The second-order valence-corrected chi connectivity index (χ2v) is 37.7. The van der Waals surface area contributed by atoms with Gasteiger partial charge in [0.2, 0.25) is 12.5 Å². The SMILES string of the molecule is COc1cc(/C=C/c2nc3ccccc3c(=O)n2-c2ccc(C#Cc3cccs3)cc2C)cc(OC)c1OC.COc1ccc(/C=C/c2nc3ccccc3c(=O)n2-c2ccc(C#Cc3cccs3)cc2C)c(OC)c1.Cc1cc(C#Cc2cccs2)ccc1-n1c(/C=C/c2cc(C)c(O)c(C)c2)nc2ccccc2c1=O.Cc1cc(C#Cc2cccs2)ccc1-n1c(/C=C/c2ccc3c(c2)OCO3)nc2ccccc2c1=O. The second kappa shape index (κ2) is 45.9. The van der Waals surface area contributed by atoms with Crippen LogP contribution >= 0.6 is 45.3 Å². The highest BCUT2D eigenvalue weighted by Crippen LogP contribution is 2.40. The zero-order valence-corrected chi connectivity index (χ0v) is 85.6. The summed E-state index contributed by atoms with van der Waals surface area (Å²) in [5.74, 6) is 32.4. The maximum atomic E-state index is 13.8. The Labute approximate surface area is 870 Å². The van der Waals surface area contributed by atoms with Gasteiger partial charge in [0.05, 0.1) is 121 Å². The van der Waals surface area contributed by atoms with Gasteiger partial charge in [0, 0.05) is 33.9 Å². The number of methoxy groups -OCH3 is 5. The molecular formula is C124H94N8O12S4. The van der Waals surface area contributed by atoms with Crippen molar-refractivity contribution >= 4 is 138 Å². The Morgan fingerprint density at radius 2 is 0.628 bits per heavy atom. The molecule has 0 saturated heterocycles. The van der Waals surface area contributed by atoms with Crippen LogP contribution in [-0.2, 0) is 0 Å². The van der Waals surface area contributed by atoms with Crippen molar-refractivity contribution in [3.05, 3.63) is 463 Å². The van der Waals surface area contributed by atoms with Crippen LogP contribution in [-0.4, -0.2) is 85.7 Å². The number of aromatic hydroxyl groups is 1. The average molecular weight is 2020 g/mol. The molecule has 0 fully saturated rings. The first-order valence-corrected chi connectivity index (χ1v) is 50.3. The fourth-order valence-corrected chi connectivity index (χ4v) is 19.1. The van der Waals surface area contributed by atoms with Crippen molar-refractivity contribution in [3.63, 3.8) is 0 Å². The van der Waals surface area contributed by atoms with E-state index in [2.05, 4.69) is 47.4 Å². The van der Waals surface area contributed by atoms with E-state index >= 15 is 0 Å². The lowest BCUT2D eigenvalue weighted by Crippen LogP contribution is -2.23. The maximum Gasteiger partial charge on any atom is 0.266 e. The molecule has 21 rings (SSSR count). The van der Waals surface area contributed by atoms with Crippen LogP contribution in [0.15, 0.2) is 320 Å². The molecule has 8 aromatic heterocycles. The lowest BCUT2D eigenvalue weighted by molar-refractivity contribution is 0.174. The van der Waals surface area contributed by atoms with Crippen LogP contribution in [0.4, 0.5) is 0 Å². The predicted molar refractivity (Wildman–Crippen MR) is 601 cm³/mol. The predicted octanol–water partition coefficient (Wildman–Crippen LogP) is 25.4. The second-order valence-electron chi connectivity index (χ2n) is 33.9. The molecule has 9 heterocycles. The van der Waals surface area contributed by atoms with E-state index < -0.39 is 0 Å². The summed E-state index contributed by atoms with van der Waals surface area (Å²) in [6, 6.07) is 87.7. The Bertz CT molecular complexity index is 9110. The third-order valence-corrected chi connectivity index (χ3v) is 27.2. The molecule has 0 unspecified atom stereocenters. The number of phenols is 1. The molecular weight excluding hydrogens is 1920 g/mol. The molecule has 148 heavy (non-hydrogen) atoms. The normalized spacial score (nSPS) is 11.2. The Balaban J connectivity index is 0.000000129. The Kier molecular flexibility index (Phi) is 30.9. The molecule has 1 aliphatic heterocycles. The number of hydrogen-bond acceptors (Lipinski definition) is 20. The maximum absolute atomic E-state index is 13.8. The van der Waals surface area contributed by atoms with Gasteiger partial charge >= 0.3 is 0 Å². The number of rotatable bonds is 17. The minimum absolute atomic E-state index is 0.119. The first-order chi connectivity index (χ1) is 72.1. The molecule has 1 N–H and O–H groups in total. The van der Waals surface area contributed by atoms with Crippen molar-refractivity contribution in [2.75, 3.05) is 42.3 Å². The third kappa shape index (κ3) is 22.8. The fraction of sp³-hybridized carbons (Fsp3) is 0.0968. The van der Waals surface area contributed by atoms with Gasteiger partial charge in [-0.15, -0.1) is 45.3 Å². The first kappa shape index (κ1) is 99.7. The highest BCUT2D eigenvalue weighted by molar-refractivity contribution is 7.11. The molecule has 0 aliphatic carbocycles. The molecule has 0 saturated carbocycles. The molecule has 0 bridgehead atoms. The van der Waals surface area contributed by atoms with Gasteiger partial charge < -0.3 is 38.3 Å². The quantitative estimate of drug-likeness (QED) is 0.0837. The van der Waals surface area contributed by atoms with Gasteiger partial charge in [-0.3, -0.25) is 37.4 Å². The number of nitrogens with zero attached hydrogens (tertiary/aromatic N) is 8. The summed E-state index contributed by atoms with van der Waals surface area (Å²) in [5.41, 5.74) is 17.4. The van der Waals surface area contributed by atoms with Crippen LogP contribution in [0, 0.1) is 88.9 Å². The lowest BCUT2D eigenvalue weighted by Gasteiger charge is -2.15.